The fourth-order valence-electron chi connectivity index (χ4n) is 0.682. The Labute approximate surface area is 77.6 Å². The molecule has 0 spiro atoms. The van der Waals surface area contributed by atoms with Crippen molar-refractivity contribution in [2.75, 3.05) is 13.2 Å². The molecule has 0 aliphatic rings. The first-order chi connectivity index (χ1) is 6.07. The predicted octanol–water partition coefficient (Wildman–Crippen LogP) is -0.597. The molecule has 0 radical (unpaired) electrons. The molecular weight excluding hydrogens is 172 g/mol. The molecule has 13 heavy (non-hydrogen) atoms. The second-order valence-electron chi connectivity index (χ2n) is 2.74. The van der Waals surface area contributed by atoms with E-state index in [1.807, 2.05) is 6.92 Å². The summed E-state index contributed by atoms with van der Waals surface area (Å²) in [6, 6.07) is 0.0162. The van der Waals surface area contributed by atoms with Crippen molar-refractivity contribution in [1.82, 2.24) is 5.32 Å². The Bertz CT molecular complexity index is 180. The lowest BCUT2D eigenvalue weighted by Crippen LogP contribution is -2.35. The molecular formula is C8H16N2O3. The lowest BCUT2D eigenvalue weighted by Gasteiger charge is -2.06. The highest BCUT2D eigenvalue weighted by Gasteiger charge is 2.13. The lowest BCUT2D eigenvalue weighted by molar-refractivity contribution is -0.154. The summed E-state index contributed by atoms with van der Waals surface area (Å²) >= 11 is 0. The van der Waals surface area contributed by atoms with Gasteiger partial charge in [0.25, 0.3) is 0 Å². The highest BCUT2D eigenvalue weighted by molar-refractivity contribution is 6.32. The minimum atomic E-state index is -0.841. The van der Waals surface area contributed by atoms with Crippen molar-refractivity contribution in [3.05, 3.63) is 0 Å². The van der Waals surface area contributed by atoms with Crippen LogP contribution >= 0.6 is 0 Å². The van der Waals surface area contributed by atoms with Crippen LogP contribution in [0.2, 0.25) is 0 Å². The van der Waals surface area contributed by atoms with Gasteiger partial charge < -0.3 is 15.8 Å². The third-order valence-corrected chi connectivity index (χ3v) is 1.35. The van der Waals surface area contributed by atoms with Crippen LogP contribution in [0.1, 0.15) is 20.3 Å². The molecule has 0 aliphatic heterocycles. The smallest absolute Gasteiger partial charge is 0.396 e. The van der Waals surface area contributed by atoms with E-state index in [1.54, 1.807) is 6.92 Å². The number of nitrogens with one attached hydrogen (secondary N) is 1. The van der Waals surface area contributed by atoms with Gasteiger partial charge in [-0.15, -0.1) is 0 Å². The van der Waals surface area contributed by atoms with Gasteiger partial charge in [-0.25, -0.2) is 4.79 Å². The number of carbonyl (C=O) groups excluding carboxylic acids is 2. The van der Waals surface area contributed by atoms with E-state index in [9.17, 15) is 9.59 Å². The number of carbonyl (C=O) groups is 2. The van der Waals surface area contributed by atoms with E-state index in [4.69, 9.17) is 5.73 Å². The Morgan fingerprint density at radius 3 is 2.62 bits per heavy atom. The normalized spacial score (nSPS) is 11.9. The fraction of sp³-hybridized carbons (Fsp3) is 0.750. The Kier molecular flexibility index (Phi) is 5.88. The summed E-state index contributed by atoms with van der Waals surface area (Å²) in [5.74, 6) is -1.55. The molecule has 0 aromatic carbocycles. The van der Waals surface area contributed by atoms with E-state index in [2.05, 4.69) is 10.1 Å². The number of nitrogens with two attached hydrogens (primary N) is 1. The average Bonchev–Trinajstić information content (AvgIpc) is 2.04. The van der Waals surface area contributed by atoms with Crippen LogP contribution in [0.4, 0.5) is 0 Å². The molecule has 5 heteroatoms. The van der Waals surface area contributed by atoms with Gasteiger partial charge in [0.1, 0.15) is 0 Å². The molecule has 0 aromatic heterocycles. The lowest BCUT2D eigenvalue weighted by atomic mass is 10.2. The summed E-state index contributed by atoms with van der Waals surface area (Å²) in [6.45, 7) is 4.08. The number of esters is 1. The van der Waals surface area contributed by atoms with Crippen LogP contribution in [0.25, 0.3) is 0 Å². The molecule has 5 nitrogen and oxygen atoms in total. The van der Waals surface area contributed by atoms with Gasteiger partial charge in [0, 0.05) is 12.6 Å². The number of rotatable bonds is 4. The van der Waals surface area contributed by atoms with E-state index in [0.29, 0.717) is 13.0 Å². The van der Waals surface area contributed by atoms with Crippen LogP contribution in [0, 0.1) is 0 Å². The maximum Gasteiger partial charge on any atom is 0.396 e. The van der Waals surface area contributed by atoms with Crippen LogP contribution in [0.5, 0.6) is 0 Å². The summed E-state index contributed by atoms with van der Waals surface area (Å²) in [7, 11) is 0. The topological polar surface area (TPSA) is 81.4 Å². The van der Waals surface area contributed by atoms with Crippen LogP contribution in [0.15, 0.2) is 0 Å². The molecule has 0 saturated carbocycles. The minimum Gasteiger partial charge on any atom is -0.459 e. The van der Waals surface area contributed by atoms with Crippen LogP contribution < -0.4 is 11.1 Å². The highest BCUT2D eigenvalue weighted by Crippen LogP contribution is 1.83. The van der Waals surface area contributed by atoms with Crippen molar-refractivity contribution in [2.24, 2.45) is 5.73 Å². The summed E-state index contributed by atoms with van der Waals surface area (Å²) in [5.41, 5.74) is 5.45. The van der Waals surface area contributed by atoms with Gasteiger partial charge in [-0.2, -0.15) is 0 Å². The Morgan fingerprint density at radius 1 is 1.54 bits per heavy atom. The quantitative estimate of drug-likeness (QED) is 0.456. The summed E-state index contributed by atoms with van der Waals surface area (Å²) in [6.07, 6.45) is 0.644. The van der Waals surface area contributed by atoms with Crippen LogP contribution in [-0.4, -0.2) is 31.1 Å². The Hall–Kier alpha value is -1.10. The third kappa shape index (κ3) is 6.10. The van der Waals surface area contributed by atoms with Crippen molar-refractivity contribution in [3.8, 4) is 0 Å². The summed E-state index contributed by atoms with van der Waals surface area (Å²) < 4.78 is 4.48. The molecule has 0 rings (SSSR count). The van der Waals surface area contributed by atoms with Gasteiger partial charge in [-0.3, -0.25) is 4.79 Å². The van der Waals surface area contributed by atoms with Crippen molar-refractivity contribution < 1.29 is 14.3 Å². The van der Waals surface area contributed by atoms with E-state index in [0.717, 1.165) is 0 Å². The molecule has 3 N–H and O–H groups in total. The molecule has 0 heterocycles. The van der Waals surface area contributed by atoms with Crippen LogP contribution in [0.3, 0.4) is 0 Å². The van der Waals surface area contributed by atoms with Crippen molar-refractivity contribution in [3.63, 3.8) is 0 Å². The van der Waals surface area contributed by atoms with Gasteiger partial charge in [0.05, 0.1) is 6.61 Å². The van der Waals surface area contributed by atoms with Gasteiger partial charge in [0.2, 0.25) is 0 Å². The SMILES string of the molecule is CCOC(=O)C(=O)NCCC(C)N. The zero-order valence-electron chi connectivity index (χ0n) is 8.00. The van der Waals surface area contributed by atoms with Crippen molar-refractivity contribution in [1.29, 1.82) is 0 Å². The van der Waals surface area contributed by atoms with E-state index < -0.39 is 11.9 Å². The standard InChI is InChI=1S/C8H16N2O3/c1-3-13-8(12)7(11)10-5-4-6(2)9/h6H,3-5,9H2,1-2H3,(H,10,11). The summed E-state index contributed by atoms with van der Waals surface area (Å²) in [4.78, 5) is 21.6. The zero-order valence-corrected chi connectivity index (χ0v) is 8.00. The largest absolute Gasteiger partial charge is 0.459 e. The highest BCUT2D eigenvalue weighted by atomic mass is 16.5. The fourth-order valence-corrected chi connectivity index (χ4v) is 0.682. The maximum atomic E-state index is 10.9. The third-order valence-electron chi connectivity index (χ3n) is 1.35. The maximum absolute atomic E-state index is 10.9. The number of ether oxygens (including phenoxy) is 1. The van der Waals surface area contributed by atoms with Crippen LogP contribution in [-0.2, 0) is 14.3 Å². The zero-order chi connectivity index (χ0) is 10.3. The second kappa shape index (κ2) is 6.42. The van der Waals surface area contributed by atoms with Gasteiger partial charge in [-0.05, 0) is 20.3 Å². The first kappa shape index (κ1) is 11.9. The van der Waals surface area contributed by atoms with Gasteiger partial charge in [-0.1, -0.05) is 0 Å². The van der Waals surface area contributed by atoms with Gasteiger partial charge in [0.15, 0.2) is 0 Å². The Morgan fingerprint density at radius 2 is 2.15 bits per heavy atom. The first-order valence-corrected chi connectivity index (χ1v) is 4.28. The number of hydrogen-bond acceptors (Lipinski definition) is 4. The van der Waals surface area contributed by atoms with Crippen molar-refractivity contribution in [2.45, 2.75) is 26.3 Å². The predicted molar refractivity (Wildman–Crippen MR) is 47.9 cm³/mol. The molecule has 0 aromatic rings. The molecule has 1 atom stereocenters. The first-order valence-electron chi connectivity index (χ1n) is 4.28. The molecule has 76 valence electrons. The summed E-state index contributed by atoms with van der Waals surface area (Å²) in [5, 5.41) is 2.41. The van der Waals surface area contributed by atoms with Gasteiger partial charge >= 0.3 is 11.9 Å². The number of amides is 1. The minimum absolute atomic E-state index is 0.0162. The molecule has 0 fully saturated rings. The second-order valence-corrected chi connectivity index (χ2v) is 2.74. The van der Waals surface area contributed by atoms with E-state index in [-0.39, 0.29) is 12.6 Å². The average molecular weight is 188 g/mol. The molecule has 0 bridgehead atoms. The van der Waals surface area contributed by atoms with E-state index >= 15 is 0 Å². The number of hydrogen-bond donors (Lipinski definition) is 2. The monoisotopic (exact) mass is 188 g/mol. The molecule has 0 aliphatic carbocycles. The molecule has 1 amide bonds. The Balaban J connectivity index is 3.56. The molecule has 0 saturated heterocycles. The van der Waals surface area contributed by atoms with Crippen molar-refractivity contribution >= 4 is 11.9 Å². The van der Waals surface area contributed by atoms with E-state index in [1.165, 1.54) is 0 Å². The molecule has 1 unspecified atom stereocenters.